The molecule has 1 atom stereocenters. The lowest BCUT2D eigenvalue weighted by atomic mass is 10.2. The van der Waals surface area contributed by atoms with Crippen LogP contribution in [-0.4, -0.2) is 69.3 Å². The largest absolute Gasteiger partial charge is 0.480 e. The van der Waals surface area contributed by atoms with Crippen LogP contribution in [0.2, 0.25) is 0 Å². The third-order valence-electron chi connectivity index (χ3n) is 1.73. The summed E-state index contributed by atoms with van der Waals surface area (Å²) in [6.07, 6.45) is 1.66. The van der Waals surface area contributed by atoms with Crippen molar-refractivity contribution >= 4 is 29.7 Å². The van der Waals surface area contributed by atoms with Crippen molar-refractivity contribution in [1.29, 1.82) is 0 Å². The fraction of sp³-hybridized carbons (Fsp3) is 0.625. The summed E-state index contributed by atoms with van der Waals surface area (Å²) in [7, 11) is 0. The van der Waals surface area contributed by atoms with Crippen LogP contribution in [0.1, 0.15) is 0 Å². The van der Waals surface area contributed by atoms with Crippen molar-refractivity contribution in [3.05, 3.63) is 0 Å². The van der Waals surface area contributed by atoms with Gasteiger partial charge >= 0.3 is 17.9 Å². The van der Waals surface area contributed by atoms with Gasteiger partial charge in [-0.1, -0.05) is 0 Å². The van der Waals surface area contributed by atoms with Crippen LogP contribution >= 0.6 is 11.8 Å². The zero-order valence-corrected chi connectivity index (χ0v) is 9.44. The van der Waals surface area contributed by atoms with Gasteiger partial charge in [0.1, 0.15) is 6.04 Å². The summed E-state index contributed by atoms with van der Waals surface area (Å²) in [4.78, 5) is 32.7. The third-order valence-corrected chi connectivity index (χ3v) is 2.38. The summed E-state index contributed by atoms with van der Waals surface area (Å²) < 4.78 is 0. The van der Waals surface area contributed by atoms with Crippen LogP contribution in [-0.2, 0) is 14.4 Å². The van der Waals surface area contributed by atoms with Gasteiger partial charge in [0.05, 0.1) is 13.1 Å². The molecular weight excluding hydrogens is 238 g/mol. The zero-order valence-electron chi connectivity index (χ0n) is 8.62. The molecule has 1 unspecified atom stereocenters. The maximum absolute atomic E-state index is 10.9. The van der Waals surface area contributed by atoms with E-state index >= 15 is 0 Å². The summed E-state index contributed by atoms with van der Waals surface area (Å²) in [5, 5.41) is 26.0. The van der Waals surface area contributed by atoms with E-state index in [-0.39, 0.29) is 5.75 Å². The van der Waals surface area contributed by atoms with Crippen LogP contribution in [0.25, 0.3) is 0 Å². The first-order valence-electron chi connectivity index (χ1n) is 4.27. The molecule has 0 saturated heterocycles. The number of carboxylic acids is 3. The Kier molecular flexibility index (Phi) is 6.50. The Morgan fingerprint density at radius 2 is 1.56 bits per heavy atom. The normalized spacial score (nSPS) is 12.4. The molecule has 0 spiro atoms. The second kappa shape index (κ2) is 7.07. The highest BCUT2D eigenvalue weighted by atomic mass is 32.2. The number of carbonyl (C=O) groups is 3. The monoisotopic (exact) mass is 251 g/mol. The second-order valence-electron chi connectivity index (χ2n) is 3.00. The molecule has 0 aromatic heterocycles. The van der Waals surface area contributed by atoms with Crippen molar-refractivity contribution in [2.24, 2.45) is 0 Å². The molecule has 7 nitrogen and oxygen atoms in total. The fourth-order valence-electron chi connectivity index (χ4n) is 1.11. The van der Waals surface area contributed by atoms with E-state index in [1.165, 1.54) is 11.8 Å². The Balaban J connectivity index is 4.72. The first-order chi connectivity index (χ1) is 7.38. The molecule has 92 valence electrons. The summed E-state index contributed by atoms with van der Waals surface area (Å²) in [6.45, 7) is -1.21. The van der Waals surface area contributed by atoms with Gasteiger partial charge in [0.25, 0.3) is 0 Å². The van der Waals surface area contributed by atoms with Crippen molar-refractivity contribution in [2.75, 3.05) is 25.1 Å². The zero-order chi connectivity index (χ0) is 12.7. The highest BCUT2D eigenvalue weighted by Crippen LogP contribution is 2.06. The molecule has 0 aliphatic rings. The fourth-order valence-corrected chi connectivity index (χ4v) is 1.78. The van der Waals surface area contributed by atoms with Crippen LogP contribution < -0.4 is 0 Å². The van der Waals surface area contributed by atoms with Crippen molar-refractivity contribution in [3.63, 3.8) is 0 Å². The lowest BCUT2D eigenvalue weighted by Gasteiger charge is -2.24. The van der Waals surface area contributed by atoms with E-state index < -0.39 is 37.0 Å². The molecule has 0 aromatic rings. The number of rotatable bonds is 8. The van der Waals surface area contributed by atoms with Gasteiger partial charge in [0.15, 0.2) is 0 Å². The molecule has 0 aliphatic heterocycles. The van der Waals surface area contributed by atoms with Crippen LogP contribution in [0.3, 0.4) is 0 Å². The third kappa shape index (κ3) is 5.56. The van der Waals surface area contributed by atoms with Gasteiger partial charge in [0, 0.05) is 5.75 Å². The molecule has 0 saturated carbocycles. The second-order valence-corrected chi connectivity index (χ2v) is 3.91. The quantitative estimate of drug-likeness (QED) is 0.517. The molecule has 0 amide bonds. The maximum Gasteiger partial charge on any atom is 0.321 e. The van der Waals surface area contributed by atoms with E-state index in [1.54, 1.807) is 6.26 Å². The topological polar surface area (TPSA) is 115 Å². The lowest BCUT2D eigenvalue weighted by Crippen LogP contribution is -2.47. The molecule has 0 radical (unpaired) electrons. The predicted octanol–water partition coefficient (Wildman–Crippen LogP) is -0.726. The summed E-state index contributed by atoms with van der Waals surface area (Å²) in [5.41, 5.74) is 0. The molecule has 0 aliphatic carbocycles. The highest BCUT2D eigenvalue weighted by Gasteiger charge is 2.28. The number of thioether (sulfide) groups is 1. The van der Waals surface area contributed by atoms with Crippen LogP contribution in [0.15, 0.2) is 0 Å². The molecule has 0 bridgehead atoms. The van der Waals surface area contributed by atoms with Gasteiger partial charge in [-0.3, -0.25) is 19.3 Å². The maximum atomic E-state index is 10.9. The van der Waals surface area contributed by atoms with Crippen LogP contribution in [0.5, 0.6) is 0 Å². The van der Waals surface area contributed by atoms with Crippen molar-refractivity contribution in [3.8, 4) is 0 Å². The minimum absolute atomic E-state index is 0.135. The van der Waals surface area contributed by atoms with Crippen LogP contribution in [0.4, 0.5) is 0 Å². The molecule has 0 rings (SSSR count). The minimum Gasteiger partial charge on any atom is -0.480 e. The molecular formula is C8H13NO6S. The average Bonchev–Trinajstić information content (AvgIpc) is 2.10. The number of aliphatic carboxylic acids is 3. The van der Waals surface area contributed by atoms with Gasteiger partial charge in [-0.15, -0.1) is 0 Å². The molecule has 0 fully saturated rings. The van der Waals surface area contributed by atoms with Gasteiger partial charge in [-0.05, 0) is 6.26 Å². The summed E-state index contributed by atoms with van der Waals surface area (Å²) >= 11 is 1.21. The molecule has 0 heterocycles. The van der Waals surface area contributed by atoms with E-state index in [2.05, 4.69) is 0 Å². The first kappa shape index (κ1) is 14.7. The van der Waals surface area contributed by atoms with Crippen molar-refractivity contribution < 1.29 is 29.7 Å². The van der Waals surface area contributed by atoms with E-state index in [9.17, 15) is 14.4 Å². The Morgan fingerprint density at radius 3 is 1.81 bits per heavy atom. The SMILES string of the molecule is CSCC(C(=O)O)N(CC(=O)O)CC(=O)O. The molecule has 8 heteroatoms. The molecule has 16 heavy (non-hydrogen) atoms. The van der Waals surface area contributed by atoms with Crippen molar-refractivity contribution in [2.45, 2.75) is 6.04 Å². The van der Waals surface area contributed by atoms with Gasteiger partial charge < -0.3 is 15.3 Å². The minimum atomic E-state index is -1.26. The van der Waals surface area contributed by atoms with Crippen LogP contribution in [0, 0.1) is 0 Å². The lowest BCUT2D eigenvalue weighted by molar-refractivity contribution is -0.148. The van der Waals surface area contributed by atoms with Gasteiger partial charge in [0.2, 0.25) is 0 Å². The van der Waals surface area contributed by atoms with E-state index in [4.69, 9.17) is 15.3 Å². The predicted molar refractivity (Wildman–Crippen MR) is 56.7 cm³/mol. The highest BCUT2D eigenvalue weighted by molar-refractivity contribution is 7.98. The summed E-state index contributed by atoms with van der Waals surface area (Å²) in [6, 6.07) is -1.11. The summed E-state index contributed by atoms with van der Waals surface area (Å²) in [5.74, 6) is -3.60. The Labute approximate surface area is 96.0 Å². The Bertz CT molecular complexity index is 266. The number of carboxylic acid groups (broad SMARTS) is 3. The van der Waals surface area contributed by atoms with Crippen molar-refractivity contribution in [1.82, 2.24) is 4.90 Å². The van der Waals surface area contributed by atoms with E-state index in [1.807, 2.05) is 0 Å². The number of hydrogen-bond acceptors (Lipinski definition) is 5. The smallest absolute Gasteiger partial charge is 0.321 e. The Hall–Kier alpha value is -1.28. The van der Waals surface area contributed by atoms with E-state index in [0.717, 1.165) is 4.90 Å². The van der Waals surface area contributed by atoms with E-state index in [0.29, 0.717) is 0 Å². The molecule has 3 N–H and O–H groups in total. The first-order valence-corrected chi connectivity index (χ1v) is 5.67. The van der Waals surface area contributed by atoms with Gasteiger partial charge in [-0.25, -0.2) is 0 Å². The standard InChI is InChI=1S/C8H13NO6S/c1-16-4-5(8(14)15)9(2-6(10)11)3-7(12)13/h5H,2-4H2,1H3,(H,10,11)(H,12,13)(H,14,15). The number of hydrogen-bond donors (Lipinski definition) is 3. The number of nitrogens with zero attached hydrogens (tertiary/aromatic N) is 1. The Morgan fingerprint density at radius 1 is 1.12 bits per heavy atom. The van der Waals surface area contributed by atoms with Gasteiger partial charge in [-0.2, -0.15) is 11.8 Å². The average molecular weight is 251 g/mol. The molecule has 0 aromatic carbocycles.